The van der Waals surface area contributed by atoms with Crippen LogP contribution in [0, 0.1) is 22.0 Å². The van der Waals surface area contributed by atoms with E-state index in [0.29, 0.717) is 0 Å². The number of carbonyl (C=O) groups excluding carboxylic acids is 1. The Morgan fingerprint density at radius 2 is 2.19 bits per heavy atom. The summed E-state index contributed by atoms with van der Waals surface area (Å²) in [6.07, 6.45) is 1.95. The summed E-state index contributed by atoms with van der Waals surface area (Å²) in [7, 11) is 1.31. The van der Waals surface area contributed by atoms with E-state index in [9.17, 15) is 14.9 Å². The van der Waals surface area contributed by atoms with Gasteiger partial charge in [-0.25, -0.2) is 0 Å². The first kappa shape index (κ1) is 12.9. The Morgan fingerprint density at radius 1 is 1.56 bits per heavy atom. The van der Waals surface area contributed by atoms with Gasteiger partial charge in [0.2, 0.25) is 6.54 Å². The van der Waals surface area contributed by atoms with Crippen LogP contribution in [0.15, 0.2) is 0 Å². The zero-order valence-corrected chi connectivity index (χ0v) is 9.48. The van der Waals surface area contributed by atoms with E-state index in [1.54, 1.807) is 0 Å². The first-order valence-electron chi connectivity index (χ1n) is 5.52. The average molecular weight is 230 g/mol. The number of hydrogen-bond donors (Lipinski definition) is 1. The largest absolute Gasteiger partial charge is 0.469 e. The Morgan fingerprint density at radius 3 is 2.69 bits per heavy atom. The fourth-order valence-electron chi connectivity index (χ4n) is 2.18. The number of piperidine rings is 1. The van der Waals surface area contributed by atoms with Crippen molar-refractivity contribution in [1.82, 2.24) is 5.32 Å². The molecule has 1 aliphatic rings. The zero-order valence-electron chi connectivity index (χ0n) is 9.48. The highest BCUT2D eigenvalue weighted by molar-refractivity contribution is 5.69. The van der Waals surface area contributed by atoms with Gasteiger partial charge in [-0.3, -0.25) is 14.9 Å². The maximum absolute atomic E-state index is 11.2. The third-order valence-electron chi connectivity index (χ3n) is 3.09. The van der Waals surface area contributed by atoms with E-state index in [-0.39, 0.29) is 35.7 Å². The molecule has 1 saturated heterocycles. The predicted octanol–water partition coefficient (Wildman–Crippen LogP) is 0.442. The second kappa shape index (κ2) is 6.42. The number of hydrogen-bond acceptors (Lipinski definition) is 5. The minimum absolute atomic E-state index is 0.139. The number of nitro groups is 1. The van der Waals surface area contributed by atoms with Crippen molar-refractivity contribution in [3.8, 4) is 0 Å². The van der Waals surface area contributed by atoms with E-state index in [4.69, 9.17) is 0 Å². The number of esters is 1. The van der Waals surface area contributed by atoms with Crippen LogP contribution in [0.25, 0.3) is 0 Å². The molecule has 1 fully saturated rings. The van der Waals surface area contributed by atoms with Gasteiger partial charge in [0.25, 0.3) is 0 Å². The average Bonchev–Trinajstić information content (AvgIpc) is 2.28. The molecule has 0 aliphatic carbocycles. The SMILES string of the molecule is COC(=O)CC(C[N+](=O)[O-])C1CCNCC1. The molecular weight excluding hydrogens is 212 g/mol. The van der Waals surface area contributed by atoms with E-state index in [0.717, 1.165) is 25.9 Å². The molecule has 0 aromatic heterocycles. The van der Waals surface area contributed by atoms with Gasteiger partial charge in [0.1, 0.15) is 0 Å². The normalized spacial score (nSPS) is 19.1. The maximum Gasteiger partial charge on any atom is 0.306 e. The molecule has 1 rings (SSSR count). The molecule has 0 aromatic carbocycles. The minimum Gasteiger partial charge on any atom is -0.469 e. The minimum atomic E-state index is -0.356. The molecule has 0 saturated carbocycles. The molecular formula is C10H18N2O4. The van der Waals surface area contributed by atoms with Crippen molar-refractivity contribution in [3.63, 3.8) is 0 Å². The third-order valence-corrected chi connectivity index (χ3v) is 3.09. The fraction of sp³-hybridized carbons (Fsp3) is 0.900. The summed E-state index contributed by atoms with van der Waals surface area (Å²) in [4.78, 5) is 21.4. The summed E-state index contributed by atoms with van der Waals surface area (Å²) in [5.74, 6) is -0.291. The molecule has 1 N–H and O–H groups in total. The van der Waals surface area contributed by atoms with Gasteiger partial charge in [0.15, 0.2) is 0 Å². The van der Waals surface area contributed by atoms with Crippen LogP contribution >= 0.6 is 0 Å². The van der Waals surface area contributed by atoms with Gasteiger partial charge < -0.3 is 10.1 Å². The van der Waals surface area contributed by atoms with Crippen molar-refractivity contribution >= 4 is 5.97 Å². The predicted molar refractivity (Wildman–Crippen MR) is 57.6 cm³/mol. The van der Waals surface area contributed by atoms with Crippen molar-refractivity contribution in [2.75, 3.05) is 26.7 Å². The summed E-state index contributed by atoms with van der Waals surface area (Å²) in [5, 5.41) is 13.8. The van der Waals surface area contributed by atoms with E-state index in [1.807, 2.05) is 0 Å². The molecule has 6 heteroatoms. The summed E-state index contributed by atoms with van der Waals surface area (Å²) in [6, 6.07) is 0. The molecule has 0 radical (unpaired) electrons. The van der Waals surface area contributed by atoms with Crippen molar-refractivity contribution in [2.24, 2.45) is 11.8 Å². The monoisotopic (exact) mass is 230 g/mol. The smallest absolute Gasteiger partial charge is 0.306 e. The highest BCUT2D eigenvalue weighted by Crippen LogP contribution is 2.25. The lowest BCUT2D eigenvalue weighted by Crippen LogP contribution is -2.35. The first-order valence-corrected chi connectivity index (χ1v) is 5.52. The van der Waals surface area contributed by atoms with Gasteiger partial charge in [-0.05, 0) is 31.8 Å². The first-order chi connectivity index (χ1) is 7.63. The van der Waals surface area contributed by atoms with Gasteiger partial charge in [-0.1, -0.05) is 0 Å². The number of nitrogens with zero attached hydrogens (tertiary/aromatic N) is 1. The summed E-state index contributed by atoms with van der Waals surface area (Å²) >= 11 is 0. The van der Waals surface area contributed by atoms with Crippen LogP contribution in [0.4, 0.5) is 0 Å². The van der Waals surface area contributed by atoms with Crippen molar-refractivity contribution in [1.29, 1.82) is 0 Å². The van der Waals surface area contributed by atoms with Gasteiger partial charge in [0, 0.05) is 10.8 Å². The van der Waals surface area contributed by atoms with Crippen LogP contribution in [0.3, 0.4) is 0 Å². The molecule has 16 heavy (non-hydrogen) atoms. The van der Waals surface area contributed by atoms with Crippen LogP contribution in [0.2, 0.25) is 0 Å². The van der Waals surface area contributed by atoms with E-state index >= 15 is 0 Å². The second-order valence-corrected chi connectivity index (χ2v) is 4.14. The lowest BCUT2D eigenvalue weighted by molar-refractivity contribution is -0.490. The number of rotatable bonds is 5. The quantitative estimate of drug-likeness (QED) is 0.421. The van der Waals surface area contributed by atoms with Crippen LogP contribution in [-0.4, -0.2) is 37.6 Å². The Hall–Kier alpha value is -1.17. The molecule has 0 amide bonds. The number of methoxy groups -OCH3 is 1. The van der Waals surface area contributed by atoms with Crippen LogP contribution in [0.1, 0.15) is 19.3 Å². The number of carbonyl (C=O) groups is 1. The fourth-order valence-corrected chi connectivity index (χ4v) is 2.18. The van der Waals surface area contributed by atoms with E-state index in [2.05, 4.69) is 10.1 Å². The van der Waals surface area contributed by atoms with Crippen LogP contribution < -0.4 is 5.32 Å². The summed E-state index contributed by atoms with van der Waals surface area (Å²) < 4.78 is 4.58. The molecule has 0 aromatic rings. The molecule has 1 heterocycles. The van der Waals surface area contributed by atoms with Gasteiger partial charge in [0.05, 0.1) is 13.5 Å². The summed E-state index contributed by atoms with van der Waals surface area (Å²) in [5.41, 5.74) is 0. The molecule has 0 bridgehead atoms. The highest BCUT2D eigenvalue weighted by Gasteiger charge is 2.29. The Bertz CT molecular complexity index is 251. The maximum atomic E-state index is 11.2. The Labute approximate surface area is 94.5 Å². The van der Waals surface area contributed by atoms with Crippen molar-refractivity contribution < 1.29 is 14.5 Å². The Kier molecular flexibility index (Phi) is 5.18. The molecule has 1 aliphatic heterocycles. The molecule has 92 valence electrons. The topological polar surface area (TPSA) is 81.5 Å². The zero-order chi connectivity index (χ0) is 12.0. The second-order valence-electron chi connectivity index (χ2n) is 4.14. The number of ether oxygens (including phenoxy) is 1. The van der Waals surface area contributed by atoms with Crippen LogP contribution in [-0.2, 0) is 9.53 Å². The van der Waals surface area contributed by atoms with E-state index in [1.165, 1.54) is 7.11 Å². The van der Waals surface area contributed by atoms with Crippen molar-refractivity contribution in [2.45, 2.75) is 19.3 Å². The highest BCUT2D eigenvalue weighted by atomic mass is 16.6. The number of nitrogens with one attached hydrogen (secondary N) is 1. The van der Waals surface area contributed by atoms with Gasteiger partial charge in [-0.15, -0.1) is 0 Å². The molecule has 1 atom stereocenters. The molecule has 0 spiro atoms. The molecule has 1 unspecified atom stereocenters. The standard InChI is InChI=1S/C10H18N2O4/c1-16-10(13)6-9(7-12(14)15)8-2-4-11-5-3-8/h8-9,11H,2-7H2,1H3. The van der Waals surface area contributed by atoms with Gasteiger partial charge >= 0.3 is 5.97 Å². The van der Waals surface area contributed by atoms with Gasteiger partial charge in [-0.2, -0.15) is 0 Å². The van der Waals surface area contributed by atoms with Crippen molar-refractivity contribution in [3.05, 3.63) is 10.1 Å². The molecule has 6 nitrogen and oxygen atoms in total. The Balaban J connectivity index is 2.53. The summed E-state index contributed by atoms with van der Waals surface area (Å²) in [6.45, 7) is 1.61. The lowest BCUT2D eigenvalue weighted by atomic mass is 9.83. The van der Waals surface area contributed by atoms with E-state index < -0.39 is 0 Å². The van der Waals surface area contributed by atoms with Crippen LogP contribution in [0.5, 0.6) is 0 Å². The lowest BCUT2D eigenvalue weighted by Gasteiger charge is -2.27. The third kappa shape index (κ3) is 4.14.